The molecule has 6 heteroatoms. The lowest BCUT2D eigenvalue weighted by atomic mass is 9.97. The zero-order chi connectivity index (χ0) is 18.1. The molecule has 2 aliphatic heterocycles. The Morgan fingerprint density at radius 2 is 1.92 bits per heavy atom. The molecule has 3 heterocycles. The van der Waals surface area contributed by atoms with Crippen LogP contribution in [0.4, 0.5) is 5.95 Å². The summed E-state index contributed by atoms with van der Waals surface area (Å²) < 4.78 is 0. The third kappa shape index (κ3) is 3.29. The van der Waals surface area contributed by atoms with Gasteiger partial charge in [-0.2, -0.15) is 0 Å². The number of nitrogens with zero attached hydrogens (tertiary/aromatic N) is 4. The quantitative estimate of drug-likeness (QED) is 0.919. The monoisotopic (exact) mass is 351 g/mol. The van der Waals surface area contributed by atoms with Gasteiger partial charge in [-0.25, -0.2) is 9.97 Å². The van der Waals surface area contributed by atoms with E-state index in [-0.39, 0.29) is 11.9 Å². The molecule has 2 saturated heterocycles. The number of nitrogen functional groups attached to an aromatic ring is 1. The Morgan fingerprint density at radius 1 is 1.15 bits per heavy atom. The van der Waals surface area contributed by atoms with Crippen LogP contribution >= 0.6 is 0 Å². The van der Waals surface area contributed by atoms with E-state index >= 15 is 0 Å². The maximum Gasteiger partial charge on any atom is 0.253 e. The molecule has 2 aromatic rings. The first kappa shape index (κ1) is 17.0. The van der Waals surface area contributed by atoms with E-state index in [1.807, 2.05) is 35.2 Å². The van der Waals surface area contributed by atoms with Crippen LogP contribution in [-0.2, 0) is 0 Å². The highest BCUT2D eigenvalue weighted by Gasteiger charge is 2.37. The zero-order valence-corrected chi connectivity index (χ0v) is 15.1. The molecule has 0 unspecified atom stereocenters. The normalized spacial score (nSPS) is 21.4. The van der Waals surface area contributed by atoms with Crippen LogP contribution < -0.4 is 5.73 Å². The topological polar surface area (TPSA) is 75.3 Å². The molecule has 2 fully saturated rings. The number of carbonyl (C=O) groups is 1. The SMILES string of the molecule is C[C@H]1CCCCN1C1CN(C(=O)c2ccc(-c3ccnc(N)n3)cc2)C1. The fourth-order valence-corrected chi connectivity index (χ4v) is 3.99. The molecule has 6 nitrogen and oxygen atoms in total. The van der Waals surface area contributed by atoms with Crippen molar-refractivity contribution >= 4 is 11.9 Å². The Hall–Kier alpha value is -2.47. The number of amides is 1. The van der Waals surface area contributed by atoms with E-state index in [1.54, 1.807) is 6.20 Å². The summed E-state index contributed by atoms with van der Waals surface area (Å²) in [5.74, 6) is 0.362. The third-order valence-electron chi connectivity index (χ3n) is 5.57. The number of aromatic nitrogens is 2. The van der Waals surface area contributed by atoms with Crippen molar-refractivity contribution in [1.82, 2.24) is 19.8 Å². The van der Waals surface area contributed by atoms with Gasteiger partial charge in [-0.1, -0.05) is 18.6 Å². The predicted octanol–water partition coefficient (Wildman–Crippen LogP) is 2.42. The molecule has 0 aliphatic carbocycles. The largest absolute Gasteiger partial charge is 0.368 e. The van der Waals surface area contributed by atoms with Gasteiger partial charge in [-0.05, 0) is 44.5 Å². The summed E-state index contributed by atoms with van der Waals surface area (Å²) in [5.41, 5.74) is 8.05. The van der Waals surface area contributed by atoms with E-state index in [1.165, 1.54) is 25.8 Å². The molecular formula is C20H25N5O. The Labute approximate surface area is 154 Å². The second kappa shape index (κ2) is 7.03. The average molecular weight is 351 g/mol. The highest BCUT2D eigenvalue weighted by molar-refractivity contribution is 5.95. The molecule has 2 N–H and O–H groups in total. The summed E-state index contributed by atoms with van der Waals surface area (Å²) in [7, 11) is 0. The van der Waals surface area contributed by atoms with Crippen molar-refractivity contribution in [3.8, 4) is 11.3 Å². The summed E-state index contributed by atoms with van der Waals surface area (Å²) >= 11 is 0. The summed E-state index contributed by atoms with van der Waals surface area (Å²) in [6.07, 6.45) is 5.53. The fourth-order valence-electron chi connectivity index (χ4n) is 3.99. The number of rotatable bonds is 3. The van der Waals surface area contributed by atoms with Gasteiger partial charge in [0, 0.05) is 42.5 Å². The number of hydrogen-bond donors (Lipinski definition) is 1. The summed E-state index contributed by atoms with van der Waals surface area (Å²) in [6, 6.07) is 10.5. The van der Waals surface area contributed by atoms with E-state index in [0.29, 0.717) is 12.1 Å². The molecule has 1 amide bonds. The smallest absolute Gasteiger partial charge is 0.253 e. The molecule has 1 aromatic carbocycles. The van der Waals surface area contributed by atoms with Crippen LogP contribution in [0, 0.1) is 0 Å². The molecule has 26 heavy (non-hydrogen) atoms. The fraction of sp³-hybridized carbons (Fsp3) is 0.450. The van der Waals surface area contributed by atoms with Crippen LogP contribution in [0.25, 0.3) is 11.3 Å². The second-order valence-corrected chi connectivity index (χ2v) is 7.32. The van der Waals surface area contributed by atoms with Gasteiger partial charge in [0.05, 0.1) is 5.69 Å². The van der Waals surface area contributed by atoms with Gasteiger partial charge in [0.15, 0.2) is 0 Å². The summed E-state index contributed by atoms with van der Waals surface area (Å²) in [4.78, 5) is 25.3. The molecule has 1 aromatic heterocycles. The van der Waals surface area contributed by atoms with Crippen molar-refractivity contribution < 1.29 is 4.79 Å². The molecular weight excluding hydrogens is 326 g/mol. The average Bonchev–Trinajstić information content (AvgIpc) is 2.62. The number of benzene rings is 1. The first-order chi connectivity index (χ1) is 12.6. The summed E-state index contributed by atoms with van der Waals surface area (Å²) in [5, 5.41) is 0. The van der Waals surface area contributed by atoms with E-state index in [4.69, 9.17) is 5.73 Å². The van der Waals surface area contributed by atoms with Crippen LogP contribution in [0.15, 0.2) is 36.5 Å². The van der Waals surface area contributed by atoms with Gasteiger partial charge >= 0.3 is 0 Å². The predicted molar refractivity (Wildman–Crippen MR) is 102 cm³/mol. The maximum atomic E-state index is 12.7. The Kier molecular flexibility index (Phi) is 4.59. The lowest BCUT2D eigenvalue weighted by Gasteiger charge is -2.49. The lowest BCUT2D eigenvalue weighted by Crippen LogP contribution is -2.63. The van der Waals surface area contributed by atoms with E-state index in [9.17, 15) is 4.79 Å². The van der Waals surface area contributed by atoms with Gasteiger partial charge in [-0.15, -0.1) is 0 Å². The number of likely N-dealkylation sites (tertiary alicyclic amines) is 2. The minimum Gasteiger partial charge on any atom is -0.368 e. The number of nitrogens with two attached hydrogens (primary N) is 1. The van der Waals surface area contributed by atoms with Crippen LogP contribution in [-0.4, -0.2) is 57.4 Å². The lowest BCUT2D eigenvalue weighted by molar-refractivity contribution is 0.00213. The highest BCUT2D eigenvalue weighted by atomic mass is 16.2. The molecule has 0 saturated carbocycles. The van der Waals surface area contributed by atoms with Crippen molar-refractivity contribution in [2.75, 3.05) is 25.4 Å². The number of anilines is 1. The van der Waals surface area contributed by atoms with Gasteiger partial charge in [0.2, 0.25) is 5.95 Å². The van der Waals surface area contributed by atoms with Crippen LogP contribution in [0.3, 0.4) is 0 Å². The van der Waals surface area contributed by atoms with Gasteiger partial charge in [0.25, 0.3) is 5.91 Å². The molecule has 1 atom stereocenters. The van der Waals surface area contributed by atoms with Gasteiger partial charge in [0.1, 0.15) is 0 Å². The second-order valence-electron chi connectivity index (χ2n) is 7.32. The van der Waals surface area contributed by atoms with Crippen LogP contribution in [0.2, 0.25) is 0 Å². The highest BCUT2D eigenvalue weighted by Crippen LogP contribution is 2.26. The third-order valence-corrected chi connectivity index (χ3v) is 5.57. The zero-order valence-electron chi connectivity index (χ0n) is 15.1. The number of piperidine rings is 1. The van der Waals surface area contributed by atoms with Crippen molar-refractivity contribution in [3.63, 3.8) is 0 Å². The van der Waals surface area contributed by atoms with Crippen molar-refractivity contribution in [2.24, 2.45) is 0 Å². The number of hydrogen-bond acceptors (Lipinski definition) is 5. The van der Waals surface area contributed by atoms with Gasteiger partial charge in [-0.3, -0.25) is 9.69 Å². The van der Waals surface area contributed by atoms with Crippen molar-refractivity contribution in [2.45, 2.75) is 38.3 Å². The van der Waals surface area contributed by atoms with E-state index in [2.05, 4.69) is 21.8 Å². The molecule has 0 radical (unpaired) electrons. The molecule has 2 aliphatic rings. The summed E-state index contributed by atoms with van der Waals surface area (Å²) in [6.45, 7) is 5.16. The first-order valence-corrected chi connectivity index (χ1v) is 9.36. The first-order valence-electron chi connectivity index (χ1n) is 9.36. The van der Waals surface area contributed by atoms with E-state index in [0.717, 1.165) is 29.9 Å². The molecule has 0 spiro atoms. The Morgan fingerprint density at radius 3 is 2.62 bits per heavy atom. The van der Waals surface area contributed by atoms with Crippen LogP contribution in [0.1, 0.15) is 36.5 Å². The molecule has 136 valence electrons. The minimum absolute atomic E-state index is 0.111. The Bertz CT molecular complexity index is 785. The van der Waals surface area contributed by atoms with Crippen molar-refractivity contribution in [3.05, 3.63) is 42.1 Å². The molecule has 4 rings (SSSR count). The molecule has 0 bridgehead atoms. The van der Waals surface area contributed by atoms with Crippen LogP contribution in [0.5, 0.6) is 0 Å². The van der Waals surface area contributed by atoms with Crippen molar-refractivity contribution in [1.29, 1.82) is 0 Å². The minimum atomic E-state index is 0.111. The Balaban J connectivity index is 1.39. The standard InChI is InChI=1S/C20H25N5O/c1-14-4-2-3-11-25(14)17-12-24(13-17)19(26)16-7-5-15(6-8-16)18-9-10-22-20(21)23-18/h5-10,14,17H,2-4,11-13H2,1H3,(H2,21,22,23)/t14-/m0/s1. The maximum absolute atomic E-state index is 12.7. The van der Waals surface area contributed by atoms with Gasteiger partial charge < -0.3 is 10.6 Å². The number of carbonyl (C=O) groups excluding carboxylic acids is 1. The van der Waals surface area contributed by atoms with E-state index < -0.39 is 0 Å².